The van der Waals surface area contributed by atoms with Crippen molar-refractivity contribution in [3.63, 3.8) is 0 Å². The lowest BCUT2D eigenvalue weighted by molar-refractivity contribution is -0.165. The standard InChI is InChI=1S/C61H78F3N5O13/c1-31(2)30-68-22-18-60(19-23-68)66-48-45-46-53(74)37(8)56-47(45)57(76)59(9,82-56)80-24-17-42(79-11)34(5)55(36(7)52(73)35(6)51(72)32(3)13-12-14-33(4)58(77)65-50(54(46)75)49(48)67-60)81-44(71)29-43(70)69-20-15-38(16-21-69)25-39-26-40(61(62,63)64)28-41(27-39)78-10/h12-14,17,24,26-28,31-32,34-36,38,42,51-52,55,66,72-75H,15-16,18-23,25,29-30H2,1-11H3/b13-12+,24-17+,33-14-,65-50?/t32-,34+,35+,36+,42-,51-,52+,55+,59-/m0/s1. The van der Waals surface area contributed by atoms with Crippen LogP contribution in [0.15, 0.2) is 64.3 Å². The van der Waals surface area contributed by atoms with Crippen molar-refractivity contribution >= 4 is 40.0 Å². The summed E-state index contributed by atoms with van der Waals surface area (Å²) in [5.41, 5.74) is -0.752. The lowest BCUT2D eigenvalue weighted by atomic mass is 9.78. The first-order chi connectivity index (χ1) is 38.6. The van der Waals surface area contributed by atoms with Crippen molar-refractivity contribution in [2.24, 2.45) is 45.5 Å². The highest BCUT2D eigenvalue weighted by molar-refractivity contribution is 6.21. The molecule has 18 nitrogen and oxygen atoms in total. The lowest BCUT2D eigenvalue weighted by Crippen LogP contribution is -2.47. The third kappa shape index (κ3) is 12.5. The number of phenols is 2. The van der Waals surface area contributed by atoms with Gasteiger partial charge >= 0.3 is 17.9 Å². The highest BCUT2D eigenvalue weighted by atomic mass is 19.4. The maximum atomic E-state index is 15.0. The van der Waals surface area contributed by atoms with E-state index in [0.29, 0.717) is 56.7 Å². The molecule has 6 aliphatic rings. The minimum atomic E-state index is -4.55. The van der Waals surface area contributed by atoms with Crippen molar-refractivity contribution in [1.29, 1.82) is 0 Å². The van der Waals surface area contributed by atoms with E-state index in [2.05, 4.69) is 29.1 Å². The van der Waals surface area contributed by atoms with Crippen LogP contribution in [0, 0.1) is 42.4 Å². The molecule has 6 heterocycles. The number of nitrogens with zero attached hydrogens (tertiary/aromatic N) is 4. The number of aliphatic hydroxyl groups excluding tert-OH is 2. The molecule has 9 rings (SSSR count). The molecular formula is C61H78F3N5O13. The van der Waals surface area contributed by atoms with Gasteiger partial charge in [0.15, 0.2) is 5.75 Å². The molecule has 6 aliphatic heterocycles. The molecule has 1 spiro atoms. The van der Waals surface area contributed by atoms with Gasteiger partial charge in [-0.1, -0.05) is 59.8 Å². The number of phenolic OH excluding ortho intramolecular Hbond substituents is 2. The Morgan fingerprint density at radius 2 is 1.59 bits per heavy atom. The molecule has 5 bridgehead atoms. The molecule has 5 N–H and O–H groups in total. The van der Waals surface area contributed by atoms with Crippen molar-refractivity contribution in [3.05, 3.63) is 87.3 Å². The van der Waals surface area contributed by atoms with E-state index in [-0.39, 0.29) is 74.4 Å². The molecule has 0 unspecified atom stereocenters. The number of piperidine rings is 2. The Kier molecular flexibility index (Phi) is 18.3. The average Bonchev–Trinajstić information content (AvgIpc) is 4.17. The first kappa shape index (κ1) is 61.5. The number of carbonyl (C=O) groups excluding carboxylic acids is 4. The molecule has 2 amide bonds. The van der Waals surface area contributed by atoms with Gasteiger partial charge in [0.05, 0.1) is 53.9 Å². The number of anilines is 1. The Hall–Kier alpha value is -6.55. The fraction of sp³-hybridized carbons (Fsp3) is 0.574. The second kappa shape index (κ2) is 24.3. The molecule has 9 atom stereocenters. The predicted octanol–water partition coefficient (Wildman–Crippen LogP) is 7.63. The van der Waals surface area contributed by atoms with Gasteiger partial charge in [0.1, 0.15) is 46.2 Å². The smallest absolute Gasteiger partial charge is 0.416 e. The molecule has 3 aromatic carbocycles. The number of rotatable bonds is 9. The summed E-state index contributed by atoms with van der Waals surface area (Å²) in [7, 11) is 2.71. The van der Waals surface area contributed by atoms with Crippen LogP contribution in [0.25, 0.3) is 10.8 Å². The normalized spacial score (nSPS) is 28.8. The van der Waals surface area contributed by atoms with Crippen molar-refractivity contribution < 1.29 is 76.5 Å². The minimum Gasteiger partial charge on any atom is -0.507 e. The van der Waals surface area contributed by atoms with E-state index in [1.807, 2.05) is 0 Å². The number of Topliss-reactive ketones (excluding diaryl/α,β-unsaturated/α-hetero) is 1. The maximum absolute atomic E-state index is 15.0. The van der Waals surface area contributed by atoms with Gasteiger partial charge in [-0.15, -0.1) is 0 Å². The second-order valence-electron chi connectivity index (χ2n) is 23.6. The summed E-state index contributed by atoms with van der Waals surface area (Å²) in [4.78, 5) is 70.2. The molecule has 0 aliphatic carbocycles. The number of hydrogen-bond donors (Lipinski definition) is 5. The maximum Gasteiger partial charge on any atom is 0.416 e. The summed E-state index contributed by atoms with van der Waals surface area (Å²) < 4.78 is 70.7. The fourth-order valence-corrected chi connectivity index (χ4v) is 12.3. The largest absolute Gasteiger partial charge is 0.507 e. The summed E-state index contributed by atoms with van der Waals surface area (Å²) in [5, 5.41) is 51.4. The molecule has 0 aromatic heterocycles. The predicted molar refractivity (Wildman–Crippen MR) is 298 cm³/mol. The molecular weight excluding hydrogens is 1070 g/mol. The highest BCUT2D eigenvalue weighted by Crippen LogP contribution is 2.51. The Labute approximate surface area is 475 Å². The molecule has 3 aromatic rings. The highest BCUT2D eigenvalue weighted by Gasteiger charge is 2.51. The number of amides is 2. The summed E-state index contributed by atoms with van der Waals surface area (Å²) in [6.07, 6.45) is -0.0516. The van der Waals surface area contributed by atoms with E-state index in [0.717, 1.165) is 18.7 Å². The van der Waals surface area contributed by atoms with Crippen LogP contribution >= 0.6 is 0 Å². The van der Waals surface area contributed by atoms with Crippen LogP contribution < -0.4 is 25.5 Å². The molecule has 0 saturated carbocycles. The van der Waals surface area contributed by atoms with Crippen LogP contribution in [0.1, 0.15) is 115 Å². The quantitative estimate of drug-likeness (QED) is 0.0787. The third-order valence-corrected chi connectivity index (χ3v) is 17.2. The number of aromatic hydroxyl groups is 2. The topological polar surface area (TPSA) is 239 Å². The zero-order valence-corrected chi connectivity index (χ0v) is 48.6. The second-order valence-corrected chi connectivity index (χ2v) is 23.6. The number of alkyl halides is 3. The zero-order valence-electron chi connectivity index (χ0n) is 48.6. The number of halogens is 3. The number of nitrogens with one attached hydrogen (secondary N) is 1. The number of allylic oxidation sites excluding steroid dienone is 2. The molecule has 0 radical (unpaired) electrons. The van der Waals surface area contributed by atoms with Gasteiger partial charge in [0, 0.05) is 99.8 Å². The van der Waals surface area contributed by atoms with Gasteiger partial charge < -0.3 is 59.2 Å². The van der Waals surface area contributed by atoms with Gasteiger partial charge in [-0.3, -0.25) is 24.2 Å². The SMILES string of the molecule is COc1cc(CC2CCN(C(=O)CC(=O)O[C@H]3[C@H](C)[C@H](O)[C@H](C)[C@@H](O)[C@@H](C)/C=C/C=C(/C)C(=O)N=c4c(O)c5c(O)c(C)c6c(c5c5c4=NC4(CCN(CC(C)C)CC4)N5)C(=O)[C@@](C)(O/C=C/[C@H](OC)[C@H]3C)O6)CC2)cc(C(F)(F)F)c1. The van der Waals surface area contributed by atoms with E-state index in [1.54, 1.807) is 45.9 Å². The van der Waals surface area contributed by atoms with Gasteiger partial charge in [-0.25, -0.2) is 4.99 Å². The summed E-state index contributed by atoms with van der Waals surface area (Å²) in [6, 6.07) is 3.62. The van der Waals surface area contributed by atoms with Crippen LogP contribution in [0.4, 0.5) is 18.9 Å². The molecule has 2 fully saturated rings. The number of benzene rings is 3. The number of hydrogen-bond acceptors (Lipinski definition) is 16. The van der Waals surface area contributed by atoms with Crippen LogP contribution in [-0.4, -0.2) is 137 Å². The van der Waals surface area contributed by atoms with Crippen LogP contribution in [0.2, 0.25) is 0 Å². The van der Waals surface area contributed by atoms with Gasteiger partial charge in [-0.2, -0.15) is 13.2 Å². The van der Waals surface area contributed by atoms with Crippen molar-refractivity contribution in [3.8, 4) is 23.0 Å². The number of esters is 1. The van der Waals surface area contributed by atoms with Crippen LogP contribution in [0.3, 0.4) is 0 Å². The minimum absolute atomic E-state index is 0.00839. The van der Waals surface area contributed by atoms with E-state index < -0.39 is 113 Å². The Balaban J connectivity index is 1.10. The number of likely N-dealkylation sites (tertiary alicyclic amines) is 2. The first-order valence-electron chi connectivity index (χ1n) is 28.2. The van der Waals surface area contributed by atoms with E-state index in [1.165, 1.54) is 58.3 Å². The fourth-order valence-electron chi connectivity index (χ4n) is 12.3. The van der Waals surface area contributed by atoms with Crippen molar-refractivity contribution in [1.82, 2.24) is 9.80 Å². The molecule has 2 saturated heterocycles. The van der Waals surface area contributed by atoms with Gasteiger partial charge in [0.2, 0.25) is 5.91 Å². The Morgan fingerprint density at radius 3 is 2.22 bits per heavy atom. The average molecular weight is 1150 g/mol. The van der Waals surface area contributed by atoms with Gasteiger partial charge in [-0.05, 0) is 74.8 Å². The van der Waals surface area contributed by atoms with Crippen LogP contribution in [0.5, 0.6) is 23.0 Å². The summed E-state index contributed by atoms with van der Waals surface area (Å²) in [5.74, 6) is -8.55. The van der Waals surface area contributed by atoms with E-state index in [9.17, 15) is 48.0 Å². The lowest BCUT2D eigenvalue weighted by Gasteiger charge is -2.38. The first-order valence-corrected chi connectivity index (χ1v) is 28.2. The van der Waals surface area contributed by atoms with Crippen molar-refractivity contribution in [2.75, 3.05) is 52.3 Å². The zero-order chi connectivity index (χ0) is 59.9. The monoisotopic (exact) mass is 1150 g/mol. The summed E-state index contributed by atoms with van der Waals surface area (Å²) >= 11 is 0. The number of aliphatic hydroxyl groups is 2. The molecule has 446 valence electrons. The molecule has 82 heavy (non-hydrogen) atoms. The van der Waals surface area contributed by atoms with Gasteiger partial charge in [0.25, 0.3) is 11.7 Å². The third-order valence-electron chi connectivity index (χ3n) is 17.2. The number of carbonyl (C=O) groups is 4. The summed E-state index contributed by atoms with van der Waals surface area (Å²) in [6.45, 7) is 18.2. The number of methoxy groups -OCH3 is 2. The van der Waals surface area contributed by atoms with E-state index in [4.69, 9.17) is 28.7 Å². The van der Waals surface area contributed by atoms with E-state index >= 15 is 4.79 Å². The Bertz CT molecular complexity index is 3180. The van der Waals surface area contributed by atoms with Crippen molar-refractivity contribution in [2.45, 2.75) is 143 Å². The molecule has 21 heteroatoms. The Morgan fingerprint density at radius 1 is 0.902 bits per heavy atom. The number of fused-ring (bicyclic) bond motifs is 13. The van der Waals surface area contributed by atoms with Crippen LogP contribution in [-0.2, 0) is 41.2 Å². The number of ether oxygens (including phenoxy) is 5. The number of ketones is 1.